The van der Waals surface area contributed by atoms with Crippen LogP contribution in [0.3, 0.4) is 0 Å². The third-order valence-electron chi connectivity index (χ3n) is 2.82. The molecule has 1 nitrogen and oxygen atoms in total. The van der Waals surface area contributed by atoms with E-state index in [0.717, 1.165) is 6.42 Å². The maximum atomic E-state index is 11.1. The Bertz CT molecular complexity index is 269. The molecule has 78 valence electrons. The van der Waals surface area contributed by atoms with Crippen LogP contribution in [0.2, 0.25) is 0 Å². The summed E-state index contributed by atoms with van der Waals surface area (Å²) < 4.78 is 0. The summed E-state index contributed by atoms with van der Waals surface area (Å²) in [5.74, 6) is 0.862. The van der Waals surface area contributed by atoms with Gasteiger partial charge in [0.2, 0.25) is 0 Å². The van der Waals surface area contributed by atoms with Crippen molar-refractivity contribution in [1.82, 2.24) is 0 Å². The van der Waals surface area contributed by atoms with E-state index in [9.17, 15) is 4.79 Å². The van der Waals surface area contributed by atoms with Gasteiger partial charge in [-0.2, -0.15) is 0 Å². The van der Waals surface area contributed by atoms with Crippen molar-refractivity contribution in [2.75, 3.05) is 0 Å². The maximum Gasteiger partial charge on any atom is 0.155 e. The molecule has 14 heavy (non-hydrogen) atoms. The summed E-state index contributed by atoms with van der Waals surface area (Å²) >= 11 is 0. The van der Waals surface area contributed by atoms with Crippen molar-refractivity contribution >= 4 is 5.78 Å². The Morgan fingerprint density at radius 2 is 2.14 bits per heavy atom. The number of ketones is 1. The molecule has 0 unspecified atom stereocenters. The van der Waals surface area contributed by atoms with Gasteiger partial charge in [-0.3, -0.25) is 4.79 Å². The average Bonchev–Trinajstić information content (AvgIpc) is 2.62. The number of carbonyl (C=O) groups excluding carboxylic acids is 1. The molecule has 1 aliphatic carbocycles. The molecule has 0 aromatic carbocycles. The lowest BCUT2D eigenvalue weighted by Gasteiger charge is -2.07. The second-order valence-corrected chi connectivity index (χ2v) is 4.21. The highest BCUT2D eigenvalue weighted by Gasteiger charge is 2.14. The lowest BCUT2D eigenvalue weighted by molar-refractivity contribution is -0.114. The molecule has 1 aliphatic rings. The van der Waals surface area contributed by atoms with Crippen molar-refractivity contribution in [3.63, 3.8) is 0 Å². The Morgan fingerprint density at radius 3 is 2.71 bits per heavy atom. The fourth-order valence-corrected chi connectivity index (χ4v) is 1.95. The van der Waals surface area contributed by atoms with Gasteiger partial charge in [0, 0.05) is 6.42 Å². The minimum Gasteiger partial charge on any atom is -0.295 e. The van der Waals surface area contributed by atoms with E-state index in [1.165, 1.54) is 18.4 Å². The molecule has 0 radical (unpaired) electrons. The van der Waals surface area contributed by atoms with E-state index in [0.29, 0.717) is 12.3 Å². The average molecular weight is 192 g/mol. The van der Waals surface area contributed by atoms with Crippen LogP contribution in [0.5, 0.6) is 0 Å². The molecule has 1 heteroatoms. The number of hydrogen-bond acceptors (Lipinski definition) is 1. The largest absolute Gasteiger partial charge is 0.295 e. The SMILES string of the molecule is CCC(=O)/C=C/C1=C(C(C)C)CCC1. The molecule has 0 aromatic heterocycles. The molecule has 0 N–H and O–H groups in total. The zero-order valence-electron chi connectivity index (χ0n) is 9.47. The first-order valence-corrected chi connectivity index (χ1v) is 5.58. The van der Waals surface area contributed by atoms with Crippen LogP contribution in [0.4, 0.5) is 0 Å². The maximum absolute atomic E-state index is 11.1. The Kier molecular flexibility index (Phi) is 4.12. The predicted molar refractivity (Wildman–Crippen MR) is 60.2 cm³/mol. The molecule has 0 fully saturated rings. The van der Waals surface area contributed by atoms with Gasteiger partial charge in [0.1, 0.15) is 0 Å². The summed E-state index contributed by atoms with van der Waals surface area (Å²) in [5.41, 5.74) is 2.95. The molecule has 0 saturated heterocycles. The molecule has 0 saturated carbocycles. The second-order valence-electron chi connectivity index (χ2n) is 4.21. The Morgan fingerprint density at radius 1 is 1.43 bits per heavy atom. The van der Waals surface area contributed by atoms with E-state index in [1.54, 1.807) is 11.6 Å². The lowest BCUT2D eigenvalue weighted by atomic mass is 9.99. The Hall–Kier alpha value is -0.850. The monoisotopic (exact) mass is 192 g/mol. The van der Waals surface area contributed by atoms with Crippen molar-refractivity contribution in [2.45, 2.75) is 46.5 Å². The van der Waals surface area contributed by atoms with E-state index in [-0.39, 0.29) is 5.78 Å². The van der Waals surface area contributed by atoms with Gasteiger partial charge in [0.25, 0.3) is 0 Å². The van der Waals surface area contributed by atoms with Gasteiger partial charge in [-0.05, 0) is 36.8 Å². The van der Waals surface area contributed by atoms with Crippen LogP contribution >= 0.6 is 0 Å². The van der Waals surface area contributed by atoms with Gasteiger partial charge in [0.05, 0.1) is 0 Å². The van der Waals surface area contributed by atoms with Crippen LogP contribution in [0.25, 0.3) is 0 Å². The minimum absolute atomic E-state index is 0.229. The molecule has 0 amide bonds. The number of allylic oxidation sites excluding steroid dienone is 4. The first kappa shape index (κ1) is 11.2. The molecule has 0 atom stereocenters. The summed E-state index contributed by atoms with van der Waals surface area (Å²) in [6, 6.07) is 0. The van der Waals surface area contributed by atoms with Gasteiger partial charge in [-0.1, -0.05) is 32.4 Å². The van der Waals surface area contributed by atoms with Crippen LogP contribution in [0.1, 0.15) is 46.5 Å². The minimum atomic E-state index is 0.229. The molecule has 0 heterocycles. The molecular weight excluding hydrogens is 172 g/mol. The van der Waals surface area contributed by atoms with Crippen LogP contribution < -0.4 is 0 Å². The Labute approximate surface area is 86.9 Å². The van der Waals surface area contributed by atoms with Crippen LogP contribution in [-0.4, -0.2) is 5.78 Å². The van der Waals surface area contributed by atoms with Crippen LogP contribution in [-0.2, 0) is 4.79 Å². The summed E-state index contributed by atoms with van der Waals surface area (Å²) in [7, 11) is 0. The molecule has 1 rings (SSSR count). The molecule has 0 bridgehead atoms. The lowest BCUT2D eigenvalue weighted by Crippen LogP contribution is -1.93. The third kappa shape index (κ3) is 2.83. The Balaban J connectivity index is 2.71. The molecule has 0 aliphatic heterocycles. The normalized spacial score (nSPS) is 17.4. The van der Waals surface area contributed by atoms with Gasteiger partial charge in [-0.15, -0.1) is 0 Å². The van der Waals surface area contributed by atoms with Crippen molar-refractivity contribution in [3.05, 3.63) is 23.3 Å². The quantitative estimate of drug-likeness (QED) is 0.621. The van der Waals surface area contributed by atoms with Crippen LogP contribution in [0.15, 0.2) is 23.3 Å². The van der Waals surface area contributed by atoms with E-state index in [1.807, 2.05) is 13.0 Å². The zero-order chi connectivity index (χ0) is 10.6. The van der Waals surface area contributed by atoms with Gasteiger partial charge in [-0.25, -0.2) is 0 Å². The fourth-order valence-electron chi connectivity index (χ4n) is 1.95. The fraction of sp³-hybridized carbons (Fsp3) is 0.615. The second kappa shape index (κ2) is 5.14. The summed E-state index contributed by atoms with van der Waals surface area (Å²) in [4.78, 5) is 11.1. The van der Waals surface area contributed by atoms with Crippen molar-refractivity contribution in [1.29, 1.82) is 0 Å². The van der Waals surface area contributed by atoms with Crippen molar-refractivity contribution in [3.8, 4) is 0 Å². The number of carbonyl (C=O) groups is 1. The third-order valence-corrected chi connectivity index (χ3v) is 2.82. The summed E-state index contributed by atoms with van der Waals surface area (Å²) in [5, 5.41) is 0. The van der Waals surface area contributed by atoms with Gasteiger partial charge >= 0.3 is 0 Å². The van der Waals surface area contributed by atoms with Crippen molar-refractivity contribution in [2.24, 2.45) is 5.92 Å². The number of rotatable bonds is 4. The highest BCUT2D eigenvalue weighted by Crippen LogP contribution is 2.31. The predicted octanol–water partition coefficient (Wildman–Crippen LogP) is 3.66. The van der Waals surface area contributed by atoms with Crippen LogP contribution in [0, 0.1) is 5.92 Å². The summed E-state index contributed by atoms with van der Waals surface area (Å²) in [6.07, 6.45) is 8.02. The zero-order valence-corrected chi connectivity index (χ0v) is 9.47. The highest BCUT2D eigenvalue weighted by molar-refractivity contribution is 5.89. The van der Waals surface area contributed by atoms with E-state index >= 15 is 0 Å². The van der Waals surface area contributed by atoms with Crippen molar-refractivity contribution < 1.29 is 4.79 Å². The molecule has 0 aromatic rings. The highest BCUT2D eigenvalue weighted by atomic mass is 16.1. The van der Waals surface area contributed by atoms with Gasteiger partial charge in [0.15, 0.2) is 5.78 Å². The standard InChI is InChI=1S/C13H20O/c1-4-12(14)9-8-11-6-5-7-13(11)10(2)3/h8-10H,4-7H2,1-3H3/b9-8+. The smallest absolute Gasteiger partial charge is 0.155 e. The summed E-state index contributed by atoms with van der Waals surface area (Å²) in [6.45, 7) is 6.37. The molecular formula is C13H20O. The topological polar surface area (TPSA) is 17.1 Å². The van der Waals surface area contributed by atoms with E-state index in [2.05, 4.69) is 13.8 Å². The van der Waals surface area contributed by atoms with Gasteiger partial charge < -0.3 is 0 Å². The first-order valence-electron chi connectivity index (χ1n) is 5.58. The first-order chi connectivity index (χ1) is 6.65. The number of hydrogen-bond donors (Lipinski definition) is 0. The van der Waals surface area contributed by atoms with E-state index < -0.39 is 0 Å². The van der Waals surface area contributed by atoms with E-state index in [4.69, 9.17) is 0 Å². The molecule has 0 spiro atoms.